The van der Waals surface area contributed by atoms with Crippen molar-refractivity contribution >= 4 is 27.5 Å². The van der Waals surface area contributed by atoms with Gasteiger partial charge in [0.05, 0.1) is 28.6 Å². The number of ether oxygens (including phenoxy) is 1. The Labute approximate surface area is 134 Å². The molecule has 2 heterocycles. The van der Waals surface area contributed by atoms with E-state index in [2.05, 4.69) is 37.5 Å². The average molecular weight is 365 g/mol. The first-order valence-corrected chi connectivity index (χ1v) is 8.60. The van der Waals surface area contributed by atoms with Crippen LogP contribution in [0.15, 0.2) is 4.47 Å². The standard InChI is InChI=1S/C14H23BrClN3O/c1-3-19-13(14(15)11(2)17-19)10-18-7-4-12(5-8-18)20-9-6-16/h12H,3-10H2,1-2H3. The van der Waals surface area contributed by atoms with Crippen molar-refractivity contribution in [3.8, 4) is 0 Å². The van der Waals surface area contributed by atoms with Crippen LogP contribution in [0.2, 0.25) is 0 Å². The monoisotopic (exact) mass is 363 g/mol. The van der Waals surface area contributed by atoms with Gasteiger partial charge in [0.15, 0.2) is 0 Å². The summed E-state index contributed by atoms with van der Waals surface area (Å²) in [5.74, 6) is 0.585. The summed E-state index contributed by atoms with van der Waals surface area (Å²) >= 11 is 9.32. The highest BCUT2D eigenvalue weighted by Gasteiger charge is 2.22. The number of piperidine rings is 1. The second kappa shape index (κ2) is 7.78. The molecule has 114 valence electrons. The van der Waals surface area contributed by atoms with E-state index in [0.717, 1.165) is 49.2 Å². The number of aryl methyl sites for hydroxylation is 2. The van der Waals surface area contributed by atoms with Crippen molar-refractivity contribution in [1.82, 2.24) is 14.7 Å². The Morgan fingerprint density at radius 3 is 2.70 bits per heavy atom. The van der Waals surface area contributed by atoms with Crippen molar-refractivity contribution in [1.29, 1.82) is 0 Å². The predicted molar refractivity (Wildman–Crippen MR) is 85.3 cm³/mol. The van der Waals surface area contributed by atoms with Crippen LogP contribution in [0.1, 0.15) is 31.2 Å². The Balaban J connectivity index is 1.89. The molecule has 0 unspecified atom stereocenters. The molecule has 0 radical (unpaired) electrons. The van der Waals surface area contributed by atoms with E-state index in [0.29, 0.717) is 18.6 Å². The molecule has 0 amide bonds. The van der Waals surface area contributed by atoms with Crippen LogP contribution in [-0.2, 0) is 17.8 Å². The third-order valence-corrected chi connectivity index (χ3v) is 4.98. The highest BCUT2D eigenvalue weighted by Crippen LogP contribution is 2.24. The Morgan fingerprint density at radius 1 is 1.40 bits per heavy atom. The maximum Gasteiger partial charge on any atom is 0.0739 e. The summed E-state index contributed by atoms with van der Waals surface area (Å²) < 4.78 is 8.96. The van der Waals surface area contributed by atoms with Crippen LogP contribution in [-0.4, -0.2) is 46.4 Å². The van der Waals surface area contributed by atoms with E-state index >= 15 is 0 Å². The van der Waals surface area contributed by atoms with E-state index in [-0.39, 0.29) is 0 Å². The van der Waals surface area contributed by atoms with Crippen LogP contribution in [0.5, 0.6) is 0 Å². The fraction of sp³-hybridized carbons (Fsp3) is 0.786. The molecule has 0 aliphatic carbocycles. The van der Waals surface area contributed by atoms with Crippen LogP contribution in [0.3, 0.4) is 0 Å². The Bertz CT molecular complexity index is 430. The zero-order chi connectivity index (χ0) is 14.5. The molecule has 0 saturated carbocycles. The molecule has 1 aromatic heterocycles. The zero-order valence-electron chi connectivity index (χ0n) is 12.2. The molecule has 0 aromatic carbocycles. The van der Waals surface area contributed by atoms with Gasteiger partial charge in [-0.15, -0.1) is 11.6 Å². The molecule has 1 aliphatic rings. The molecule has 0 N–H and O–H groups in total. The van der Waals surface area contributed by atoms with Crippen LogP contribution < -0.4 is 0 Å². The van der Waals surface area contributed by atoms with E-state index in [1.165, 1.54) is 5.69 Å². The molecule has 1 fully saturated rings. The van der Waals surface area contributed by atoms with Gasteiger partial charge in [0.1, 0.15) is 0 Å². The summed E-state index contributed by atoms with van der Waals surface area (Å²) in [6.07, 6.45) is 2.56. The summed E-state index contributed by atoms with van der Waals surface area (Å²) in [7, 11) is 0. The minimum Gasteiger partial charge on any atom is -0.377 e. The number of alkyl halides is 1. The summed E-state index contributed by atoms with van der Waals surface area (Å²) in [5.41, 5.74) is 2.35. The Hall–Kier alpha value is -0.100. The molecular weight excluding hydrogens is 342 g/mol. The fourth-order valence-corrected chi connectivity index (χ4v) is 3.18. The molecule has 1 aliphatic heterocycles. The molecule has 2 rings (SSSR count). The smallest absolute Gasteiger partial charge is 0.0739 e. The van der Waals surface area contributed by atoms with Gasteiger partial charge in [-0.05, 0) is 42.6 Å². The van der Waals surface area contributed by atoms with Crippen LogP contribution >= 0.6 is 27.5 Å². The lowest BCUT2D eigenvalue weighted by atomic mass is 10.1. The molecule has 1 saturated heterocycles. The third kappa shape index (κ3) is 3.97. The van der Waals surface area contributed by atoms with Gasteiger partial charge >= 0.3 is 0 Å². The summed E-state index contributed by atoms with van der Waals surface area (Å²) in [5, 5.41) is 4.55. The van der Waals surface area contributed by atoms with Crippen molar-refractivity contribution < 1.29 is 4.74 Å². The minimum atomic E-state index is 0.381. The molecule has 1 aromatic rings. The topological polar surface area (TPSA) is 30.3 Å². The van der Waals surface area contributed by atoms with E-state index in [1.807, 2.05) is 6.92 Å². The van der Waals surface area contributed by atoms with Gasteiger partial charge in [-0.2, -0.15) is 5.10 Å². The first-order valence-electron chi connectivity index (χ1n) is 7.27. The minimum absolute atomic E-state index is 0.381. The first-order chi connectivity index (χ1) is 9.65. The Morgan fingerprint density at radius 2 is 2.10 bits per heavy atom. The van der Waals surface area contributed by atoms with Crippen LogP contribution in [0, 0.1) is 6.92 Å². The van der Waals surface area contributed by atoms with Gasteiger partial charge in [0.2, 0.25) is 0 Å². The molecule has 0 atom stereocenters. The lowest BCUT2D eigenvalue weighted by Gasteiger charge is -2.31. The van der Waals surface area contributed by atoms with Crippen molar-refractivity contribution in [2.75, 3.05) is 25.6 Å². The van der Waals surface area contributed by atoms with Gasteiger partial charge < -0.3 is 4.74 Å². The second-order valence-corrected chi connectivity index (χ2v) is 6.37. The number of hydrogen-bond acceptors (Lipinski definition) is 3. The summed E-state index contributed by atoms with van der Waals surface area (Å²) in [6, 6.07) is 0. The maximum absolute atomic E-state index is 5.72. The normalized spacial score (nSPS) is 17.8. The number of likely N-dealkylation sites (tertiary alicyclic amines) is 1. The summed E-state index contributed by atoms with van der Waals surface area (Å²) in [4.78, 5) is 2.48. The van der Waals surface area contributed by atoms with Crippen molar-refractivity contribution in [3.63, 3.8) is 0 Å². The largest absolute Gasteiger partial charge is 0.377 e. The molecular formula is C14H23BrClN3O. The van der Waals surface area contributed by atoms with Crippen LogP contribution in [0.4, 0.5) is 0 Å². The quantitative estimate of drug-likeness (QED) is 0.726. The predicted octanol–water partition coefficient (Wildman–Crippen LogP) is 3.19. The van der Waals surface area contributed by atoms with Crippen LogP contribution in [0.25, 0.3) is 0 Å². The number of halogens is 2. The number of aromatic nitrogens is 2. The number of nitrogens with zero attached hydrogens (tertiary/aromatic N) is 3. The molecule has 4 nitrogen and oxygen atoms in total. The third-order valence-electron chi connectivity index (χ3n) is 3.79. The lowest BCUT2D eigenvalue weighted by molar-refractivity contribution is 0.0129. The molecule has 0 bridgehead atoms. The maximum atomic E-state index is 5.72. The molecule has 0 spiro atoms. The molecule has 6 heteroatoms. The van der Waals surface area contributed by atoms with Crippen molar-refractivity contribution in [3.05, 3.63) is 15.9 Å². The fourth-order valence-electron chi connectivity index (χ4n) is 2.68. The second-order valence-electron chi connectivity index (χ2n) is 5.20. The van der Waals surface area contributed by atoms with E-state index in [4.69, 9.17) is 16.3 Å². The van der Waals surface area contributed by atoms with Gasteiger partial charge in [-0.3, -0.25) is 9.58 Å². The van der Waals surface area contributed by atoms with E-state index < -0.39 is 0 Å². The SMILES string of the molecule is CCn1nc(C)c(Br)c1CN1CCC(OCCCl)CC1. The van der Waals surface area contributed by atoms with E-state index in [9.17, 15) is 0 Å². The molecule has 20 heavy (non-hydrogen) atoms. The summed E-state index contributed by atoms with van der Waals surface area (Å²) in [6.45, 7) is 8.87. The van der Waals surface area contributed by atoms with Gasteiger partial charge in [0.25, 0.3) is 0 Å². The Kier molecular flexibility index (Phi) is 6.33. The lowest BCUT2D eigenvalue weighted by Crippen LogP contribution is -2.37. The van der Waals surface area contributed by atoms with Gasteiger partial charge in [-0.25, -0.2) is 0 Å². The first kappa shape index (κ1) is 16.3. The zero-order valence-corrected chi connectivity index (χ0v) is 14.6. The highest BCUT2D eigenvalue weighted by molar-refractivity contribution is 9.10. The highest BCUT2D eigenvalue weighted by atomic mass is 79.9. The van der Waals surface area contributed by atoms with Crippen molar-refractivity contribution in [2.24, 2.45) is 0 Å². The number of hydrogen-bond donors (Lipinski definition) is 0. The van der Waals surface area contributed by atoms with Gasteiger partial charge in [0, 0.05) is 32.1 Å². The van der Waals surface area contributed by atoms with Crippen molar-refractivity contribution in [2.45, 2.75) is 45.9 Å². The number of rotatable bonds is 6. The van der Waals surface area contributed by atoms with E-state index in [1.54, 1.807) is 0 Å². The average Bonchev–Trinajstić information content (AvgIpc) is 2.74. The van der Waals surface area contributed by atoms with Gasteiger partial charge in [-0.1, -0.05) is 0 Å².